The number of hydrogen-bond donors (Lipinski definition) is 1. The third-order valence-corrected chi connectivity index (χ3v) is 5.22. The first-order valence-corrected chi connectivity index (χ1v) is 10.4. The minimum atomic E-state index is -0.674. The number of anilines is 2. The molecule has 4 rings (SSSR count). The number of carbonyl (C=O) groups excluding carboxylic acids is 1. The highest BCUT2D eigenvalue weighted by Gasteiger charge is 2.16. The van der Waals surface area contributed by atoms with E-state index in [2.05, 4.69) is 20.4 Å². The van der Waals surface area contributed by atoms with Gasteiger partial charge in [0.1, 0.15) is 5.75 Å². The van der Waals surface area contributed by atoms with Crippen molar-refractivity contribution in [3.8, 4) is 17.0 Å². The second-order valence-electron chi connectivity index (χ2n) is 7.26. The van der Waals surface area contributed by atoms with Gasteiger partial charge in [-0.3, -0.25) is 4.79 Å². The zero-order valence-corrected chi connectivity index (χ0v) is 17.5. The van der Waals surface area contributed by atoms with Crippen molar-refractivity contribution in [2.24, 2.45) is 0 Å². The summed E-state index contributed by atoms with van der Waals surface area (Å²) in [6.45, 7) is 3.76. The molecular weight excluding hydrogens is 400 g/mol. The zero-order valence-electron chi connectivity index (χ0n) is 16.7. The lowest BCUT2D eigenvalue weighted by atomic mass is 10.1. The van der Waals surface area contributed by atoms with Gasteiger partial charge in [-0.2, -0.15) is 0 Å². The van der Waals surface area contributed by atoms with Crippen LogP contribution in [0.5, 0.6) is 5.75 Å². The van der Waals surface area contributed by atoms with Crippen molar-refractivity contribution in [3.63, 3.8) is 0 Å². The van der Waals surface area contributed by atoms with E-state index in [1.165, 1.54) is 12.8 Å². The van der Waals surface area contributed by atoms with Crippen LogP contribution < -0.4 is 15.0 Å². The highest BCUT2D eigenvalue weighted by atomic mass is 35.5. The molecule has 0 radical (unpaired) electrons. The molecule has 6 nitrogen and oxygen atoms in total. The standard InChI is InChI=1S/C23H23ClN4O2/c1-16(30-20-9-5-7-18(24)15-20)23(29)25-19-8-4-6-17(14-19)21-10-11-22(27-26-21)28-12-2-3-13-28/h4-11,14-16H,2-3,12-13H2,1H3,(H,25,29). The van der Waals surface area contributed by atoms with Crippen LogP contribution in [0.4, 0.5) is 11.5 Å². The van der Waals surface area contributed by atoms with Gasteiger partial charge in [-0.05, 0) is 62.2 Å². The normalized spacial score (nSPS) is 14.4. The molecule has 30 heavy (non-hydrogen) atoms. The third kappa shape index (κ3) is 4.89. The van der Waals surface area contributed by atoms with Gasteiger partial charge in [0, 0.05) is 29.4 Å². The summed E-state index contributed by atoms with van der Waals surface area (Å²) >= 11 is 5.97. The number of ether oxygens (including phenoxy) is 1. The van der Waals surface area contributed by atoms with Crippen LogP contribution in [0.1, 0.15) is 19.8 Å². The summed E-state index contributed by atoms with van der Waals surface area (Å²) in [7, 11) is 0. The molecule has 0 bridgehead atoms. The Hall–Kier alpha value is -3.12. The number of amides is 1. The van der Waals surface area contributed by atoms with Gasteiger partial charge in [0.2, 0.25) is 0 Å². The molecule has 1 atom stereocenters. The lowest BCUT2D eigenvalue weighted by Crippen LogP contribution is -2.30. The van der Waals surface area contributed by atoms with Crippen LogP contribution in [0.15, 0.2) is 60.7 Å². The van der Waals surface area contributed by atoms with Gasteiger partial charge in [0.25, 0.3) is 5.91 Å². The van der Waals surface area contributed by atoms with Crippen molar-refractivity contribution < 1.29 is 9.53 Å². The van der Waals surface area contributed by atoms with Gasteiger partial charge in [-0.25, -0.2) is 0 Å². The molecule has 0 saturated carbocycles. The Balaban J connectivity index is 1.42. The Morgan fingerprint density at radius 3 is 2.60 bits per heavy atom. The van der Waals surface area contributed by atoms with Crippen LogP contribution >= 0.6 is 11.6 Å². The number of nitrogens with zero attached hydrogens (tertiary/aromatic N) is 3. The zero-order chi connectivity index (χ0) is 20.9. The van der Waals surface area contributed by atoms with Crippen LogP contribution in [0, 0.1) is 0 Å². The van der Waals surface area contributed by atoms with Crippen LogP contribution in [-0.2, 0) is 4.79 Å². The molecule has 0 spiro atoms. The second kappa shape index (κ2) is 9.13. The molecule has 2 aromatic carbocycles. The van der Waals surface area contributed by atoms with Crippen molar-refractivity contribution in [1.82, 2.24) is 10.2 Å². The fourth-order valence-corrected chi connectivity index (χ4v) is 3.57. The number of hydrogen-bond acceptors (Lipinski definition) is 5. The van der Waals surface area contributed by atoms with E-state index in [0.29, 0.717) is 16.5 Å². The molecule has 0 aliphatic carbocycles. The van der Waals surface area contributed by atoms with Crippen LogP contribution in [0.3, 0.4) is 0 Å². The highest BCUT2D eigenvalue weighted by Crippen LogP contribution is 2.24. The molecule has 1 amide bonds. The monoisotopic (exact) mass is 422 g/mol. The molecule has 1 saturated heterocycles. The second-order valence-corrected chi connectivity index (χ2v) is 7.69. The Kier molecular flexibility index (Phi) is 6.14. The van der Waals surface area contributed by atoms with E-state index in [-0.39, 0.29) is 5.91 Å². The Morgan fingerprint density at radius 2 is 1.87 bits per heavy atom. The van der Waals surface area contributed by atoms with E-state index >= 15 is 0 Å². The van der Waals surface area contributed by atoms with Crippen molar-refractivity contribution >= 4 is 29.0 Å². The number of carbonyl (C=O) groups is 1. The SMILES string of the molecule is CC(Oc1cccc(Cl)c1)C(=O)Nc1cccc(-c2ccc(N3CCCC3)nn2)c1. The maximum atomic E-state index is 12.5. The molecule has 1 aliphatic rings. The van der Waals surface area contributed by atoms with E-state index in [9.17, 15) is 4.79 Å². The predicted octanol–water partition coefficient (Wildman–Crippen LogP) is 4.80. The average Bonchev–Trinajstić information content (AvgIpc) is 3.29. The molecule has 1 aromatic heterocycles. The third-order valence-electron chi connectivity index (χ3n) is 4.98. The maximum Gasteiger partial charge on any atom is 0.265 e. The van der Waals surface area contributed by atoms with Gasteiger partial charge < -0.3 is 15.0 Å². The van der Waals surface area contributed by atoms with Crippen LogP contribution in [-0.4, -0.2) is 35.3 Å². The topological polar surface area (TPSA) is 67.3 Å². The number of halogens is 1. The van der Waals surface area contributed by atoms with Crippen LogP contribution in [0.2, 0.25) is 5.02 Å². The maximum absolute atomic E-state index is 12.5. The van der Waals surface area contributed by atoms with Crippen molar-refractivity contribution in [2.75, 3.05) is 23.3 Å². The van der Waals surface area contributed by atoms with E-state index in [0.717, 1.165) is 30.2 Å². The molecule has 1 fully saturated rings. The predicted molar refractivity (Wildman–Crippen MR) is 119 cm³/mol. The summed E-state index contributed by atoms with van der Waals surface area (Å²) in [5.41, 5.74) is 2.32. The van der Waals surface area contributed by atoms with Crippen LogP contribution in [0.25, 0.3) is 11.3 Å². The van der Waals surface area contributed by atoms with E-state index in [1.54, 1.807) is 31.2 Å². The summed E-state index contributed by atoms with van der Waals surface area (Å²) in [5, 5.41) is 12.2. The van der Waals surface area contributed by atoms with Crippen molar-refractivity contribution in [1.29, 1.82) is 0 Å². The van der Waals surface area contributed by atoms with Gasteiger partial charge >= 0.3 is 0 Å². The summed E-state index contributed by atoms with van der Waals surface area (Å²) in [6, 6.07) is 18.5. The van der Waals surface area contributed by atoms with E-state index in [1.807, 2.05) is 36.4 Å². The van der Waals surface area contributed by atoms with E-state index < -0.39 is 6.10 Å². The number of benzene rings is 2. The summed E-state index contributed by atoms with van der Waals surface area (Å²) < 4.78 is 5.68. The average molecular weight is 423 g/mol. The largest absolute Gasteiger partial charge is 0.481 e. The Bertz CT molecular complexity index is 1020. The molecule has 1 unspecified atom stereocenters. The summed E-state index contributed by atoms with van der Waals surface area (Å²) in [5.74, 6) is 1.21. The number of rotatable bonds is 6. The van der Waals surface area contributed by atoms with E-state index in [4.69, 9.17) is 16.3 Å². The molecule has 2 heterocycles. The molecule has 7 heteroatoms. The first-order valence-electron chi connectivity index (χ1n) is 10.0. The van der Waals surface area contributed by atoms with Gasteiger partial charge in [-0.1, -0.05) is 29.8 Å². The van der Waals surface area contributed by atoms with Gasteiger partial charge in [0.05, 0.1) is 5.69 Å². The number of nitrogens with one attached hydrogen (secondary N) is 1. The quantitative estimate of drug-likeness (QED) is 0.617. The summed E-state index contributed by atoms with van der Waals surface area (Å²) in [6.07, 6.45) is 1.72. The van der Waals surface area contributed by atoms with Crippen molar-refractivity contribution in [2.45, 2.75) is 25.9 Å². The van der Waals surface area contributed by atoms with Gasteiger partial charge in [0.15, 0.2) is 11.9 Å². The smallest absolute Gasteiger partial charge is 0.265 e. The minimum Gasteiger partial charge on any atom is -0.481 e. The fraction of sp³-hybridized carbons (Fsp3) is 0.261. The first kappa shape index (κ1) is 20.2. The molecule has 1 aliphatic heterocycles. The first-order chi connectivity index (χ1) is 14.6. The highest BCUT2D eigenvalue weighted by molar-refractivity contribution is 6.30. The molecular formula is C23H23ClN4O2. The molecule has 1 N–H and O–H groups in total. The Morgan fingerprint density at radius 1 is 1.07 bits per heavy atom. The van der Waals surface area contributed by atoms with Crippen molar-refractivity contribution in [3.05, 3.63) is 65.7 Å². The van der Waals surface area contributed by atoms with Gasteiger partial charge in [-0.15, -0.1) is 10.2 Å². The lowest BCUT2D eigenvalue weighted by Gasteiger charge is -2.16. The Labute approximate surface area is 180 Å². The lowest BCUT2D eigenvalue weighted by molar-refractivity contribution is -0.122. The molecule has 154 valence electrons. The number of aromatic nitrogens is 2. The minimum absolute atomic E-state index is 0.248. The fourth-order valence-electron chi connectivity index (χ4n) is 3.39. The molecule has 3 aromatic rings. The summed E-state index contributed by atoms with van der Waals surface area (Å²) in [4.78, 5) is 14.8.